The Kier molecular flexibility index (Phi) is 7.05. The molecule has 0 unspecified atom stereocenters. The van der Waals surface area contributed by atoms with E-state index in [9.17, 15) is 14.0 Å². The summed E-state index contributed by atoms with van der Waals surface area (Å²) in [5.74, 6) is -0.506. The van der Waals surface area contributed by atoms with Gasteiger partial charge in [0, 0.05) is 31.7 Å². The fourth-order valence-electron chi connectivity index (χ4n) is 3.99. The fourth-order valence-corrected chi connectivity index (χ4v) is 3.99. The highest BCUT2D eigenvalue weighted by atomic mass is 19.1. The van der Waals surface area contributed by atoms with Gasteiger partial charge in [-0.3, -0.25) is 9.69 Å². The molecule has 2 amide bonds. The monoisotopic (exact) mass is 452 g/mol. The quantitative estimate of drug-likeness (QED) is 0.599. The van der Waals surface area contributed by atoms with E-state index in [1.165, 1.54) is 12.1 Å². The van der Waals surface area contributed by atoms with Crippen molar-refractivity contribution in [2.24, 2.45) is 0 Å². The Labute approximate surface area is 192 Å². The minimum absolute atomic E-state index is 0.109. The number of ether oxygens (including phenoxy) is 1. The van der Waals surface area contributed by atoms with Gasteiger partial charge in [-0.1, -0.05) is 24.3 Å². The maximum absolute atomic E-state index is 14.1. The number of carbonyl (C=O) groups is 1. The summed E-state index contributed by atoms with van der Waals surface area (Å²) in [7, 11) is 0. The molecule has 2 aromatic carbocycles. The number of aryl methyl sites for hydroxylation is 2. The zero-order valence-corrected chi connectivity index (χ0v) is 19.0. The minimum Gasteiger partial charge on any atom is -0.379 e. The van der Waals surface area contributed by atoms with Gasteiger partial charge in [0.2, 0.25) is 0 Å². The van der Waals surface area contributed by atoms with Gasteiger partial charge in [0.05, 0.1) is 31.0 Å². The second-order valence-electron chi connectivity index (χ2n) is 8.38. The van der Waals surface area contributed by atoms with E-state index in [-0.39, 0.29) is 17.8 Å². The number of halogens is 1. The number of nitrogens with zero attached hydrogens (tertiary/aromatic N) is 2. The summed E-state index contributed by atoms with van der Waals surface area (Å²) in [6.45, 7) is 8.02. The molecule has 33 heavy (non-hydrogen) atoms. The van der Waals surface area contributed by atoms with Gasteiger partial charge in [0.1, 0.15) is 5.82 Å². The first-order valence-corrected chi connectivity index (χ1v) is 11.1. The summed E-state index contributed by atoms with van der Waals surface area (Å²) in [4.78, 5) is 32.7. The summed E-state index contributed by atoms with van der Waals surface area (Å²) in [6.07, 6.45) is 0. The van der Waals surface area contributed by atoms with Crippen LogP contribution in [-0.4, -0.2) is 60.2 Å². The lowest BCUT2D eigenvalue weighted by atomic mass is 10.0. The van der Waals surface area contributed by atoms with E-state index in [1.54, 1.807) is 17.0 Å². The number of pyridine rings is 1. The van der Waals surface area contributed by atoms with Crippen LogP contribution < -0.4 is 10.9 Å². The van der Waals surface area contributed by atoms with E-state index in [2.05, 4.69) is 15.2 Å². The molecule has 0 radical (unpaired) electrons. The lowest BCUT2D eigenvalue weighted by Gasteiger charge is -2.30. The number of amides is 2. The van der Waals surface area contributed by atoms with Crippen LogP contribution in [0.5, 0.6) is 0 Å². The number of aromatic nitrogens is 1. The van der Waals surface area contributed by atoms with E-state index >= 15 is 0 Å². The lowest BCUT2D eigenvalue weighted by molar-refractivity contribution is 0.0349. The molecule has 7 nitrogen and oxygen atoms in total. The van der Waals surface area contributed by atoms with Gasteiger partial charge in [-0.2, -0.15) is 0 Å². The van der Waals surface area contributed by atoms with Crippen LogP contribution in [0.4, 0.5) is 14.9 Å². The molecular formula is C25H29FN4O3. The molecule has 1 fully saturated rings. The minimum atomic E-state index is -0.506. The summed E-state index contributed by atoms with van der Waals surface area (Å²) in [5.41, 5.74) is 3.29. The molecule has 0 atom stereocenters. The van der Waals surface area contributed by atoms with E-state index in [0.29, 0.717) is 31.9 Å². The number of rotatable bonds is 6. The van der Waals surface area contributed by atoms with Gasteiger partial charge in [-0.05, 0) is 48.6 Å². The van der Waals surface area contributed by atoms with Crippen LogP contribution in [0.25, 0.3) is 10.9 Å². The molecule has 1 aliphatic rings. The summed E-state index contributed by atoms with van der Waals surface area (Å²) >= 11 is 0. The number of fused-ring (bicyclic) bond motifs is 1. The molecule has 3 aromatic rings. The van der Waals surface area contributed by atoms with Gasteiger partial charge >= 0.3 is 6.03 Å². The van der Waals surface area contributed by atoms with E-state index in [4.69, 9.17) is 4.74 Å². The lowest BCUT2D eigenvalue weighted by Crippen LogP contribution is -2.44. The maximum Gasteiger partial charge on any atom is 0.322 e. The van der Waals surface area contributed by atoms with Crippen LogP contribution in [0, 0.1) is 19.7 Å². The van der Waals surface area contributed by atoms with Crippen molar-refractivity contribution >= 4 is 22.6 Å². The van der Waals surface area contributed by atoms with E-state index in [1.807, 2.05) is 32.0 Å². The number of carbonyl (C=O) groups excluding carboxylic acids is 1. The van der Waals surface area contributed by atoms with Gasteiger partial charge in [-0.25, -0.2) is 9.18 Å². The average Bonchev–Trinajstić information content (AvgIpc) is 2.82. The molecule has 174 valence electrons. The normalized spacial score (nSPS) is 14.4. The van der Waals surface area contributed by atoms with Crippen molar-refractivity contribution in [3.05, 3.63) is 75.3 Å². The highest BCUT2D eigenvalue weighted by Crippen LogP contribution is 2.20. The van der Waals surface area contributed by atoms with Gasteiger partial charge in [0.15, 0.2) is 0 Å². The third-order valence-electron chi connectivity index (χ3n) is 6.18. The Morgan fingerprint density at radius 1 is 1.18 bits per heavy atom. The molecule has 8 heteroatoms. The largest absolute Gasteiger partial charge is 0.379 e. The summed E-state index contributed by atoms with van der Waals surface area (Å²) in [6, 6.07) is 11.4. The van der Waals surface area contributed by atoms with Crippen molar-refractivity contribution in [3.8, 4) is 0 Å². The van der Waals surface area contributed by atoms with Gasteiger partial charge in [0.25, 0.3) is 5.56 Å². The second kappa shape index (κ2) is 10.1. The molecule has 0 spiro atoms. The third kappa shape index (κ3) is 5.40. The standard InChI is InChI=1S/C25H29FN4O3/c1-17-7-8-19-15-20(24(31)28-23(19)18(17)2)16-30(10-9-29-11-13-33-14-12-29)25(32)27-22-6-4-3-5-21(22)26/h3-8,15H,9-14,16H2,1-2H3,(H,27,32)(H,28,31). The predicted octanol–water partition coefficient (Wildman–Crippen LogP) is 3.65. The van der Waals surface area contributed by atoms with Crippen LogP contribution in [0.2, 0.25) is 0 Å². The topological polar surface area (TPSA) is 77.7 Å². The summed E-state index contributed by atoms with van der Waals surface area (Å²) in [5, 5.41) is 3.56. The average molecular weight is 453 g/mol. The number of morpholine rings is 1. The van der Waals surface area contributed by atoms with E-state index in [0.717, 1.165) is 35.1 Å². The van der Waals surface area contributed by atoms with Crippen LogP contribution >= 0.6 is 0 Å². The molecule has 1 saturated heterocycles. The number of nitrogens with one attached hydrogen (secondary N) is 2. The number of para-hydroxylation sites is 1. The number of benzene rings is 2. The van der Waals surface area contributed by atoms with Crippen LogP contribution in [-0.2, 0) is 11.3 Å². The van der Waals surface area contributed by atoms with E-state index < -0.39 is 11.8 Å². The van der Waals surface area contributed by atoms with Gasteiger partial charge < -0.3 is 19.9 Å². The molecule has 1 aromatic heterocycles. The Hall–Kier alpha value is -3.23. The number of aromatic amines is 1. The maximum atomic E-state index is 14.1. The number of anilines is 1. The van der Waals surface area contributed by atoms with Crippen molar-refractivity contribution in [2.45, 2.75) is 20.4 Å². The zero-order chi connectivity index (χ0) is 23.4. The number of hydrogen-bond acceptors (Lipinski definition) is 4. The first-order chi connectivity index (χ1) is 15.9. The Morgan fingerprint density at radius 2 is 1.94 bits per heavy atom. The number of hydrogen-bond donors (Lipinski definition) is 2. The molecule has 4 rings (SSSR count). The molecule has 0 bridgehead atoms. The Balaban J connectivity index is 1.58. The highest BCUT2D eigenvalue weighted by molar-refractivity contribution is 5.89. The first kappa shape index (κ1) is 22.9. The van der Waals surface area contributed by atoms with Crippen molar-refractivity contribution < 1.29 is 13.9 Å². The molecule has 1 aliphatic heterocycles. The second-order valence-corrected chi connectivity index (χ2v) is 8.38. The van der Waals surface area contributed by atoms with Crippen molar-refractivity contribution in [1.82, 2.24) is 14.8 Å². The van der Waals surface area contributed by atoms with Crippen molar-refractivity contribution in [3.63, 3.8) is 0 Å². The molecule has 0 saturated carbocycles. The molecule has 2 N–H and O–H groups in total. The predicted molar refractivity (Wildman–Crippen MR) is 127 cm³/mol. The van der Waals surface area contributed by atoms with Crippen LogP contribution in [0.15, 0.2) is 47.3 Å². The molecular weight excluding hydrogens is 423 g/mol. The van der Waals surface area contributed by atoms with Crippen molar-refractivity contribution in [2.75, 3.05) is 44.7 Å². The fraction of sp³-hybridized carbons (Fsp3) is 0.360. The SMILES string of the molecule is Cc1ccc2cc(CN(CCN3CCOCC3)C(=O)Nc3ccccc3F)c(=O)[nH]c2c1C. The highest BCUT2D eigenvalue weighted by Gasteiger charge is 2.20. The van der Waals surface area contributed by atoms with Crippen LogP contribution in [0.1, 0.15) is 16.7 Å². The molecule has 0 aliphatic carbocycles. The third-order valence-corrected chi connectivity index (χ3v) is 6.18. The number of urea groups is 1. The Bertz CT molecular complexity index is 1200. The molecule has 2 heterocycles. The van der Waals surface area contributed by atoms with Gasteiger partial charge in [-0.15, -0.1) is 0 Å². The Morgan fingerprint density at radius 3 is 2.70 bits per heavy atom. The zero-order valence-electron chi connectivity index (χ0n) is 19.0. The van der Waals surface area contributed by atoms with Crippen LogP contribution in [0.3, 0.4) is 0 Å². The summed E-state index contributed by atoms with van der Waals surface area (Å²) < 4.78 is 19.5. The smallest absolute Gasteiger partial charge is 0.322 e. The van der Waals surface area contributed by atoms with Crippen molar-refractivity contribution in [1.29, 1.82) is 0 Å². The first-order valence-electron chi connectivity index (χ1n) is 11.1. The number of H-pyrrole nitrogens is 1.